The van der Waals surface area contributed by atoms with Gasteiger partial charge in [-0.15, -0.1) is 11.3 Å². The van der Waals surface area contributed by atoms with Crippen molar-refractivity contribution in [1.82, 2.24) is 5.32 Å². The minimum Gasteiger partial charge on any atom is -0.316 e. The molecular formula is C11H16FNS. The molecular weight excluding hydrogens is 197 g/mol. The zero-order valence-corrected chi connectivity index (χ0v) is 9.46. The molecule has 1 nitrogen and oxygen atoms in total. The molecule has 1 saturated heterocycles. The number of aryl methyl sites for hydroxylation is 1. The molecule has 2 atom stereocenters. The van der Waals surface area contributed by atoms with Crippen molar-refractivity contribution in [2.75, 3.05) is 13.1 Å². The Bertz CT molecular complexity index is 323. The van der Waals surface area contributed by atoms with Crippen molar-refractivity contribution in [3.8, 4) is 0 Å². The fraction of sp³-hybridized carbons (Fsp3) is 0.636. The lowest BCUT2D eigenvalue weighted by Gasteiger charge is -2.36. The Morgan fingerprint density at radius 2 is 2.43 bits per heavy atom. The van der Waals surface area contributed by atoms with E-state index in [2.05, 4.69) is 5.32 Å². The van der Waals surface area contributed by atoms with E-state index in [-0.39, 0.29) is 5.92 Å². The van der Waals surface area contributed by atoms with Crippen molar-refractivity contribution < 1.29 is 4.39 Å². The van der Waals surface area contributed by atoms with Crippen LogP contribution in [0.2, 0.25) is 0 Å². The predicted molar refractivity (Wildman–Crippen MR) is 58.5 cm³/mol. The standard InChI is InChI=1S/C11H16FNS/c1-8-7-13-5-4-11(8,12)10-3-6-14-9(10)2/h3,6,8,13H,4-5,7H2,1-2H3. The molecule has 0 aliphatic carbocycles. The Morgan fingerprint density at radius 3 is 3.00 bits per heavy atom. The molecule has 1 aliphatic heterocycles. The molecule has 1 N–H and O–H groups in total. The lowest BCUT2D eigenvalue weighted by atomic mass is 9.79. The Labute approximate surface area is 88.3 Å². The molecule has 2 unspecified atom stereocenters. The zero-order valence-electron chi connectivity index (χ0n) is 8.64. The molecule has 0 aromatic carbocycles. The van der Waals surface area contributed by atoms with Gasteiger partial charge in [0.05, 0.1) is 0 Å². The zero-order chi connectivity index (χ0) is 10.2. The molecule has 2 rings (SSSR count). The van der Waals surface area contributed by atoms with Crippen LogP contribution >= 0.6 is 11.3 Å². The highest BCUT2D eigenvalue weighted by Gasteiger charge is 2.41. The van der Waals surface area contributed by atoms with Crippen LogP contribution in [0.3, 0.4) is 0 Å². The van der Waals surface area contributed by atoms with Crippen molar-refractivity contribution >= 4 is 11.3 Å². The van der Waals surface area contributed by atoms with Gasteiger partial charge in [-0.3, -0.25) is 0 Å². The molecule has 3 heteroatoms. The summed E-state index contributed by atoms with van der Waals surface area (Å²) in [6.45, 7) is 5.57. The Balaban J connectivity index is 2.34. The first-order chi connectivity index (χ1) is 6.64. The van der Waals surface area contributed by atoms with Crippen LogP contribution in [0, 0.1) is 12.8 Å². The SMILES string of the molecule is Cc1sccc1C1(F)CCNCC1C. The van der Waals surface area contributed by atoms with Gasteiger partial charge in [0.1, 0.15) is 5.67 Å². The van der Waals surface area contributed by atoms with Crippen molar-refractivity contribution in [2.45, 2.75) is 25.9 Å². The number of rotatable bonds is 1. The molecule has 0 radical (unpaired) electrons. The summed E-state index contributed by atoms with van der Waals surface area (Å²) in [5.74, 6) is 0.0737. The third kappa shape index (κ3) is 1.48. The van der Waals surface area contributed by atoms with Crippen LogP contribution in [0.4, 0.5) is 4.39 Å². The lowest BCUT2D eigenvalue weighted by Crippen LogP contribution is -2.44. The van der Waals surface area contributed by atoms with Crippen LogP contribution < -0.4 is 5.32 Å². The summed E-state index contributed by atoms with van der Waals surface area (Å²) in [6, 6.07) is 1.95. The van der Waals surface area contributed by atoms with Gasteiger partial charge in [0.25, 0.3) is 0 Å². The average molecular weight is 213 g/mol. The first-order valence-electron chi connectivity index (χ1n) is 5.09. The molecule has 1 aromatic heterocycles. The predicted octanol–water partition coefficient (Wildman–Crippen LogP) is 2.85. The number of thiophene rings is 1. The monoisotopic (exact) mass is 213 g/mol. The minimum absolute atomic E-state index is 0.0737. The van der Waals surface area contributed by atoms with Crippen LogP contribution in [0.5, 0.6) is 0 Å². The van der Waals surface area contributed by atoms with Gasteiger partial charge in [0, 0.05) is 22.9 Å². The summed E-state index contributed by atoms with van der Waals surface area (Å²) in [6.07, 6.45) is 0.603. The van der Waals surface area contributed by atoms with Gasteiger partial charge >= 0.3 is 0 Å². The van der Waals surface area contributed by atoms with Gasteiger partial charge < -0.3 is 5.32 Å². The van der Waals surface area contributed by atoms with E-state index in [9.17, 15) is 4.39 Å². The maximum Gasteiger partial charge on any atom is 0.142 e. The largest absolute Gasteiger partial charge is 0.316 e. The van der Waals surface area contributed by atoms with Crippen molar-refractivity contribution in [3.63, 3.8) is 0 Å². The molecule has 0 bridgehead atoms. The number of hydrogen-bond donors (Lipinski definition) is 1. The van der Waals surface area contributed by atoms with Gasteiger partial charge in [-0.25, -0.2) is 4.39 Å². The fourth-order valence-electron chi connectivity index (χ4n) is 2.21. The first kappa shape index (κ1) is 10.1. The van der Waals surface area contributed by atoms with Crippen LogP contribution in [0.15, 0.2) is 11.4 Å². The highest BCUT2D eigenvalue weighted by atomic mass is 32.1. The van der Waals surface area contributed by atoms with E-state index in [1.165, 1.54) is 0 Å². The normalized spacial score (nSPS) is 33.2. The van der Waals surface area contributed by atoms with Crippen molar-refractivity contribution in [2.24, 2.45) is 5.92 Å². The van der Waals surface area contributed by atoms with E-state index in [1.54, 1.807) is 11.3 Å². The van der Waals surface area contributed by atoms with E-state index < -0.39 is 5.67 Å². The Kier molecular flexibility index (Phi) is 2.62. The van der Waals surface area contributed by atoms with Crippen LogP contribution in [-0.4, -0.2) is 13.1 Å². The number of alkyl halides is 1. The van der Waals surface area contributed by atoms with Crippen molar-refractivity contribution in [3.05, 3.63) is 21.9 Å². The summed E-state index contributed by atoms with van der Waals surface area (Å²) in [4.78, 5) is 1.13. The van der Waals surface area contributed by atoms with Crippen LogP contribution in [0.25, 0.3) is 0 Å². The van der Waals surface area contributed by atoms with E-state index in [1.807, 2.05) is 25.3 Å². The number of nitrogens with one attached hydrogen (secondary N) is 1. The minimum atomic E-state index is -1.10. The highest BCUT2D eigenvalue weighted by molar-refractivity contribution is 7.10. The Hall–Kier alpha value is -0.410. The van der Waals surface area contributed by atoms with E-state index in [4.69, 9.17) is 0 Å². The quantitative estimate of drug-likeness (QED) is 0.756. The molecule has 2 heterocycles. The third-order valence-corrected chi connectivity index (χ3v) is 4.05. The Morgan fingerprint density at radius 1 is 1.64 bits per heavy atom. The molecule has 14 heavy (non-hydrogen) atoms. The maximum absolute atomic E-state index is 14.8. The van der Waals surface area contributed by atoms with Crippen molar-refractivity contribution in [1.29, 1.82) is 0 Å². The molecule has 0 saturated carbocycles. The van der Waals surface area contributed by atoms with Crippen LogP contribution in [-0.2, 0) is 5.67 Å². The molecule has 1 aromatic rings. The lowest BCUT2D eigenvalue weighted by molar-refractivity contribution is 0.0549. The second-order valence-electron chi connectivity index (χ2n) is 4.11. The third-order valence-electron chi connectivity index (χ3n) is 3.20. The topological polar surface area (TPSA) is 12.0 Å². The highest BCUT2D eigenvalue weighted by Crippen LogP contribution is 2.41. The molecule has 0 amide bonds. The van der Waals surface area contributed by atoms with E-state index in [0.717, 1.165) is 23.5 Å². The van der Waals surface area contributed by atoms with E-state index >= 15 is 0 Å². The summed E-state index contributed by atoms with van der Waals surface area (Å²) in [5.41, 5.74) is -0.188. The fourth-order valence-corrected chi connectivity index (χ4v) is 2.99. The summed E-state index contributed by atoms with van der Waals surface area (Å²) in [7, 11) is 0. The number of hydrogen-bond acceptors (Lipinski definition) is 2. The molecule has 1 aliphatic rings. The van der Waals surface area contributed by atoms with Gasteiger partial charge in [0.15, 0.2) is 0 Å². The van der Waals surface area contributed by atoms with Gasteiger partial charge in [-0.2, -0.15) is 0 Å². The van der Waals surface area contributed by atoms with Crippen LogP contribution in [0.1, 0.15) is 23.8 Å². The van der Waals surface area contributed by atoms with E-state index in [0.29, 0.717) is 6.42 Å². The smallest absolute Gasteiger partial charge is 0.142 e. The molecule has 1 fully saturated rings. The summed E-state index contributed by atoms with van der Waals surface area (Å²) < 4.78 is 14.8. The second kappa shape index (κ2) is 3.63. The summed E-state index contributed by atoms with van der Waals surface area (Å²) >= 11 is 1.64. The second-order valence-corrected chi connectivity index (χ2v) is 5.23. The van der Waals surface area contributed by atoms with Gasteiger partial charge in [0.2, 0.25) is 0 Å². The summed E-state index contributed by atoms with van der Waals surface area (Å²) in [5, 5.41) is 5.22. The van der Waals surface area contributed by atoms with Gasteiger partial charge in [-0.1, -0.05) is 6.92 Å². The maximum atomic E-state index is 14.8. The van der Waals surface area contributed by atoms with Gasteiger partial charge in [-0.05, 0) is 31.3 Å². The first-order valence-corrected chi connectivity index (χ1v) is 5.97. The number of halogens is 1. The number of piperidine rings is 1. The average Bonchev–Trinajstić information content (AvgIpc) is 2.57. The molecule has 78 valence electrons. The molecule has 0 spiro atoms.